The minimum atomic E-state index is -0.405. The van der Waals surface area contributed by atoms with Crippen LogP contribution < -0.4 is 4.74 Å². The monoisotopic (exact) mass is 318 g/mol. The molecule has 2 aromatic heterocycles. The zero-order valence-corrected chi connectivity index (χ0v) is 13.3. The van der Waals surface area contributed by atoms with Crippen molar-refractivity contribution < 1.29 is 4.74 Å². The summed E-state index contributed by atoms with van der Waals surface area (Å²) in [7, 11) is 0. The van der Waals surface area contributed by atoms with Crippen LogP contribution in [0.5, 0.6) is 5.88 Å². The molecule has 0 N–H and O–H groups in total. The second-order valence-electron chi connectivity index (χ2n) is 5.09. The van der Waals surface area contributed by atoms with Crippen LogP contribution in [-0.2, 0) is 5.60 Å². The normalized spacial score (nSPS) is 15.5. The van der Waals surface area contributed by atoms with E-state index in [9.17, 15) is 0 Å². The zero-order chi connectivity index (χ0) is 13.9. The van der Waals surface area contributed by atoms with Gasteiger partial charge in [0.15, 0.2) is 0 Å². The van der Waals surface area contributed by atoms with Crippen LogP contribution in [0.4, 0.5) is 0 Å². The molecule has 0 saturated carbocycles. The van der Waals surface area contributed by atoms with E-state index in [-0.39, 0.29) is 0 Å². The minimum absolute atomic E-state index is 0.405. The summed E-state index contributed by atoms with van der Waals surface area (Å²) in [4.78, 5) is 11.6. The van der Waals surface area contributed by atoms with Crippen LogP contribution in [0.3, 0.4) is 0 Å². The summed E-state index contributed by atoms with van der Waals surface area (Å²) in [5, 5.41) is 0. The molecule has 4 rings (SSSR count). The van der Waals surface area contributed by atoms with E-state index in [2.05, 4.69) is 4.98 Å². The number of hydrogen-bond donors (Lipinski definition) is 0. The largest absolute Gasteiger partial charge is 0.464 e. The maximum atomic E-state index is 6.06. The van der Waals surface area contributed by atoms with Gasteiger partial charge in [-0.3, -0.25) is 0 Å². The Kier molecular flexibility index (Phi) is 2.52. The number of rotatable bonds is 0. The van der Waals surface area contributed by atoms with Gasteiger partial charge in [-0.2, -0.15) is 0 Å². The van der Waals surface area contributed by atoms with Crippen LogP contribution in [0.25, 0.3) is 21.6 Å². The van der Waals surface area contributed by atoms with Gasteiger partial charge in [-0.25, -0.2) is 9.97 Å². The van der Waals surface area contributed by atoms with Gasteiger partial charge in [0.1, 0.15) is 14.4 Å². The summed E-state index contributed by atoms with van der Waals surface area (Å²) in [5.74, 6) is 0.602. The predicted molar refractivity (Wildman–Crippen MR) is 85.2 cm³/mol. The lowest BCUT2D eigenvalue weighted by molar-refractivity contribution is 0.103. The average Bonchev–Trinajstić information content (AvgIpc) is 2.80. The molecule has 0 amide bonds. The lowest BCUT2D eigenvalue weighted by atomic mass is 10.0. The van der Waals surface area contributed by atoms with Gasteiger partial charge < -0.3 is 4.74 Å². The molecule has 3 nitrogen and oxygen atoms in total. The Morgan fingerprint density at radius 2 is 1.80 bits per heavy atom. The number of hydrogen-bond acceptors (Lipinski definition) is 6. The standard InChI is InChI=1S/C14H10N2OS3/c1-14(2)11-10(19-13(18)20-11)9-12(17-14)16-8-6-4-3-5-7(8)15-9/h3-6H,1-2H3. The highest BCUT2D eigenvalue weighted by molar-refractivity contribution is 7.76. The molecule has 6 heteroatoms. The molecule has 0 atom stereocenters. The van der Waals surface area contributed by atoms with Crippen LogP contribution in [0.15, 0.2) is 24.3 Å². The Hall–Kier alpha value is -1.37. The van der Waals surface area contributed by atoms with E-state index < -0.39 is 5.60 Å². The quantitative estimate of drug-likeness (QED) is 0.559. The highest BCUT2D eigenvalue weighted by Crippen LogP contribution is 2.49. The third-order valence-corrected chi connectivity index (χ3v) is 6.19. The summed E-state index contributed by atoms with van der Waals surface area (Å²) in [5.41, 5.74) is 2.14. The van der Waals surface area contributed by atoms with Gasteiger partial charge in [-0.15, -0.1) is 22.7 Å². The molecule has 0 bridgehead atoms. The second-order valence-corrected chi connectivity index (χ2v) is 8.32. The molecule has 1 aliphatic rings. The van der Waals surface area contributed by atoms with Crippen molar-refractivity contribution in [3.63, 3.8) is 0 Å². The number of fused-ring (bicyclic) bond motifs is 4. The molecule has 1 aliphatic heterocycles. The van der Waals surface area contributed by atoms with E-state index in [0.29, 0.717) is 5.88 Å². The molecule has 0 saturated heterocycles. The fourth-order valence-electron chi connectivity index (χ4n) is 2.32. The molecule has 100 valence electrons. The van der Waals surface area contributed by atoms with E-state index in [1.165, 1.54) is 0 Å². The van der Waals surface area contributed by atoms with Crippen LogP contribution in [0.1, 0.15) is 18.7 Å². The molecule has 0 unspecified atom stereocenters. The molecule has 3 aromatic rings. The maximum Gasteiger partial charge on any atom is 0.243 e. The van der Waals surface area contributed by atoms with Gasteiger partial charge in [-0.05, 0) is 26.0 Å². The minimum Gasteiger partial charge on any atom is -0.464 e. The first-order valence-electron chi connectivity index (χ1n) is 6.15. The number of para-hydroxylation sites is 2. The number of ether oxygens (including phenoxy) is 1. The van der Waals surface area contributed by atoms with E-state index >= 15 is 0 Å². The predicted octanol–water partition coefficient (Wildman–Crippen LogP) is 4.78. The van der Waals surface area contributed by atoms with Crippen molar-refractivity contribution >= 4 is 45.9 Å². The molecule has 20 heavy (non-hydrogen) atoms. The SMILES string of the molecule is CC1(C)Oc2nc3ccccc3nc2-c2sc(=S)sc21. The zero-order valence-electron chi connectivity index (χ0n) is 10.8. The Balaban J connectivity index is 2.10. The summed E-state index contributed by atoms with van der Waals surface area (Å²) in [6, 6.07) is 7.84. The number of benzene rings is 1. The fraction of sp³-hybridized carbons (Fsp3) is 0.214. The molecule has 0 radical (unpaired) electrons. The maximum absolute atomic E-state index is 6.06. The van der Waals surface area contributed by atoms with Crippen LogP contribution in [-0.4, -0.2) is 9.97 Å². The summed E-state index contributed by atoms with van der Waals surface area (Å²) in [6.07, 6.45) is 0. The van der Waals surface area contributed by atoms with Crippen LogP contribution in [0, 0.1) is 3.14 Å². The Labute approximate surface area is 128 Å². The summed E-state index contributed by atoms with van der Waals surface area (Å²) >= 11 is 8.54. The lowest BCUT2D eigenvalue weighted by Crippen LogP contribution is -2.28. The molecular formula is C14H10N2OS3. The number of aromatic nitrogens is 2. The van der Waals surface area contributed by atoms with Crippen molar-refractivity contribution in [1.29, 1.82) is 0 Å². The fourth-order valence-corrected chi connectivity index (χ4v) is 5.12. The first-order valence-corrected chi connectivity index (χ1v) is 8.19. The summed E-state index contributed by atoms with van der Waals surface area (Å²) in [6.45, 7) is 4.09. The van der Waals surface area contributed by atoms with Gasteiger partial charge in [0, 0.05) is 0 Å². The third-order valence-electron chi connectivity index (χ3n) is 3.23. The first kappa shape index (κ1) is 12.4. The van der Waals surface area contributed by atoms with Crippen molar-refractivity contribution in [2.75, 3.05) is 0 Å². The van der Waals surface area contributed by atoms with Gasteiger partial charge >= 0.3 is 0 Å². The topological polar surface area (TPSA) is 35.0 Å². The Morgan fingerprint density at radius 3 is 2.55 bits per heavy atom. The van der Waals surface area contributed by atoms with Crippen LogP contribution in [0.2, 0.25) is 0 Å². The van der Waals surface area contributed by atoms with Gasteiger partial charge in [0.25, 0.3) is 0 Å². The molecule has 0 fully saturated rings. The van der Waals surface area contributed by atoms with Crippen molar-refractivity contribution in [2.45, 2.75) is 19.4 Å². The molecule has 1 aromatic carbocycles. The van der Waals surface area contributed by atoms with E-state index in [4.69, 9.17) is 21.9 Å². The number of nitrogens with zero attached hydrogens (tertiary/aromatic N) is 2. The van der Waals surface area contributed by atoms with Gasteiger partial charge in [-0.1, -0.05) is 24.4 Å². The molecule has 0 aliphatic carbocycles. The first-order chi connectivity index (χ1) is 9.54. The third kappa shape index (κ3) is 1.72. The highest BCUT2D eigenvalue weighted by Gasteiger charge is 2.37. The molecule has 0 spiro atoms. The van der Waals surface area contributed by atoms with Gasteiger partial charge in [0.05, 0.1) is 20.8 Å². The Bertz CT molecular complexity index is 895. The molecular weight excluding hydrogens is 308 g/mol. The smallest absolute Gasteiger partial charge is 0.243 e. The molecule has 3 heterocycles. The lowest BCUT2D eigenvalue weighted by Gasteiger charge is -2.30. The van der Waals surface area contributed by atoms with Crippen LogP contribution >= 0.6 is 34.9 Å². The van der Waals surface area contributed by atoms with Crippen molar-refractivity contribution in [3.8, 4) is 16.5 Å². The average molecular weight is 318 g/mol. The summed E-state index contributed by atoms with van der Waals surface area (Å²) < 4.78 is 6.96. The van der Waals surface area contributed by atoms with E-state index in [1.807, 2.05) is 38.1 Å². The highest BCUT2D eigenvalue weighted by atomic mass is 32.2. The Morgan fingerprint density at radius 1 is 1.10 bits per heavy atom. The van der Waals surface area contributed by atoms with E-state index in [0.717, 1.165) is 29.6 Å². The van der Waals surface area contributed by atoms with Crippen molar-refractivity contribution in [1.82, 2.24) is 9.97 Å². The van der Waals surface area contributed by atoms with Crippen molar-refractivity contribution in [3.05, 3.63) is 32.3 Å². The second kappa shape index (κ2) is 4.07. The van der Waals surface area contributed by atoms with Crippen molar-refractivity contribution in [2.24, 2.45) is 0 Å². The van der Waals surface area contributed by atoms with Gasteiger partial charge in [0.2, 0.25) is 5.88 Å². The van der Waals surface area contributed by atoms with E-state index in [1.54, 1.807) is 22.7 Å².